The molecule has 0 aromatic heterocycles. The Morgan fingerprint density at radius 2 is 1.50 bits per heavy atom. The predicted octanol–water partition coefficient (Wildman–Crippen LogP) is 3.72. The van der Waals surface area contributed by atoms with E-state index in [0.29, 0.717) is 0 Å². The number of carbonyl (C=O) groups excluding carboxylic acids is 1. The third-order valence-corrected chi connectivity index (χ3v) is 3.49. The molecule has 102 valence electrons. The maximum absolute atomic E-state index is 11.4. The molecule has 0 unspecified atom stereocenters. The molecule has 0 spiro atoms. The zero-order valence-corrected chi connectivity index (χ0v) is 11.6. The van der Waals surface area contributed by atoms with Crippen LogP contribution in [0.25, 0.3) is 0 Å². The number of carbonyl (C=O) groups is 1. The SMILES string of the molecule is C=CC(=O)OCC(C)(c1ccccc1)c1ccccc1. The number of rotatable bonds is 5. The molecule has 2 nitrogen and oxygen atoms in total. The van der Waals surface area contributed by atoms with E-state index in [4.69, 9.17) is 4.74 Å². The minimum Gasteiger partial charge on any atom is -0.461 e. The molecule has 0 aliphatic rings. The fourth-order valence-electron chi connectivity index (χ4n) is 2.22. The number of ether oxygens (including phenoxy) is 1. The van der Waals surface area contributed by atoms with E-state index in [1.807, 2.05) is 36.4 Å². The van der Waals surface area contributed by atoms with E-state index in [-0.39, 0.29) is 12.0 Å². The highest BCUT2D eigenvalue weighted by atomic mass is 16.5. The van der Waals surface area contributed by atoms with Crippen molar-refractivity contribution < 1.29 is 9.53 Å². The second kappa shape index (κ2) is 6.20. The third kappa shape index (κ3) is 2.97. The van der Waals surface area contributed by atoms with E-state index >= 15 is 0 Å². The molecule has 0 aliphatic heterocycles. The molecular weight excluding hydrogens is 248 g/mol. The predicted molar refractivity (Wildman–Crippen MR) is 80.5 cm³/mol. The zero-order valence-electron chi connectivity index (χ0n) is 11.6. The summed E-state index contributed by atoms with van der Waals surface area (Å²) in [6.45, 7) is 5.79. The van der Waals surface area contributed by atoms with Crippen LogP contribution in [0, 0.1) is 0 Å². The van der Waals surface area contributed by atoms with Gasteiger partial charge in [-0.05, 0) is 18.1 Å². The van der Waals surface area contributed by atoms with Gasteiger partial charge in [-0.3, -0.25) is 0 Å². The fraction of sp³-hybridized carbons (Fsp3) is 0.167. The Morgan fingerprint density at radius 1 is 1.05 bits per heavy atom. The van der Waals surface area contributed by atoms with Gasteiger partial charge in [0.1, 0.15) is 6.61 Å². The van der Waals surface area contributed by atoms with Gasteiger partial charge in [0.05, 0.1) is 5.41 Å². The van der Waals surface area contributed by atoms with Crippen LogP contribution in [-0.2, 0) is 14.9 Å². The number of benzene rings is 2. The van der Waals surface area contributed by atoms with E-state index in [0.717, 1.165) is 11.1 Å². The molecule has 0 saturated heterocycles. The summed E-state index contributed by atoms with van der Waals surface area (Å²) in [5.41, 5.74) is 1.85. The Bertz CT molecular complexity index is 533. The second-order valence-corrected chi connectivity index (χ2v) is 4.88. The summed E-state index contributed by atoms with van der Waals surface area (Å²) >= 11 is 0. The Hall–Kier alpha value is -2.35. The van der Waals surface area contributed by atoms with Crippen molar-refractivity contribution in [3.05, 3.63) is 84.4 Å². The molecule has 0 radical (unpaired) electrons. The van der Waals surface area contributed by atoms with Crippen molar-refractivity contribution in [1.82, 2.24) is 0 Å². The molecule has 0 aliphatic carbocycles. The van der Waals surface area contributed by atoms with Gasteiger partial charge in [0.15, 0.2) is 0 Å². The first-order valence-electron chi connectivity index (χ1n) is 6.57. The van der Waals surface area contributed by atoms with Crippen LogP contribution in [0.2, 0.25) is 0 Å². The summed E-state index contributed by atoms with van der Waals surface area (Å²) in [4.78, 5) is 11.4. The summed E-state index contributed by atoms with van der Waals surface area (Å²) < 4.78 is 5.31. The van der Waals surface area contributed by atoms with Crippen LogP contribution in [0.3, 0.4) is 0 Å². The first-order valence-corrected chi connectivity index (χ1v) is 6.57. The van der Waals surface area contributed by atoms with Gasteiger partial charge in [-0.1, -0.05) is 67.2 Å². The van der Waals surface area contributed by atoms with Crippen molar-refractivity contribution in [2.24, 2.45) is 0 Å². The highest BCUT2D eigenvalue weighted by Gasteiger charge is 2.30. The lowest BCUT2D eigenvalue weighted by molar-refractivity contribution is -0.139. The van der Waals surface area contributed by atoms with Crippen LogP contribution in [0.15, 0.2) is 73.3 Å². The smallest absolute Gasteiger partial charge is 0.330 e. The normalized spacial score (nSPS) is 10.8. The Balaban J connectivity index is 2.38. The first-order chi connectivity index (χ1) is 9.66. The third-order valence-electron chi connectivity index (χ3n) is 3.49. The highest BCUT2D eigenvalue weighted by Crippen LogP contribution is 2.32. The molecular formula is C18H18O2. The molecule has 2 heteroatoms. The summed E-state index contributed by atoms with van der Waals surface area (Å²) in [6.07, 6.45) is 1.19. The molecule has 2 rings (SSSR count). The van der Waals surface area contributed by atoms with Gasteiger partial charge in [0.2, 0.25) is 0 Å². The second-order valence-electron chi connectivity index (χ2n) is 4.88. The maximum atomic E-state index is 11.4. The molecule has 0 bridgehead atoms. The first kappa shape index (κ1) is 14.1. The van der Waals surface area contributed by atoms with Gasteiger partial charge < -0.3 is 4.74 Å². The minimum absolute atomic E-state index is 0.284. The van der Waals surface area contributed by atoms with Crippen LogP contribution in [0.5, 0.6) is 0 Å². The zero-order chi connectivity index (χ0) is 14.4. The summed E-state index contributed by atoms with van der Waals surface area (Å²) in [6, 6.07) is 20.1. The van der Waals surface area contributed by atoms with Crippen molar-refractivity contribution in [3.8, 4) is 0 Å². The average molecular weight is 266 g/mol. The molecule has 20 heavy (non-hydrogen) atoms. The van der Waals surface area contributed by atoms with Crippen molar-refractivity contribution in [2.75, 3.05) is 6.61 Å². The lowest BCUT2D eigenvalue weighted by Crippen LogP contribution is -2.30. The minimum atomic E-state index is -0.400. The number of hydrogen-bond donors (Lipinski definition) is 0. The lowest BCUT2D eigenvalue weighted by atomic mass is 9.77. The molecule has 0 amide bonds. The monoisotopic (exact) mass is 266 g/mol. The molecule has 0 fully saturated rings. The molecule has 0 heterocycles. The molecule has 2 aromatic rings. The van der Waals surface area contributed by atoms with Gasteiger partial charge in [-0.2, -0.15) is 0 Å². The molecule has 2 aromatic carbocycles. The fourth-order valence-corrected chi connectivity index (χ4v) is 2.22. The largest absolute Gasteiger partial charge is 0.461 e. The maximum Gasteiger partial charge on any atom is 0.330 e. The van der Waals surface area contributed by atoms with Crippen LogP contribution < -0.4 is 0 Å². The van der Waals surface area contributed by atoms with Crippen LogP contribution in [-0.4, -0.2) is 12.6 Å². The summed E-state index contributed by atoms with van der Waals surface area (Å²) in [5.74, 6) is -0.400. The van der Waals surface area contributed by atoms with Crippen LogP contribution in [0.4, 0.5) is 0 Å². The number of hydrogen-bond acceptors (Lipinski definition) is 2. The van der Waals surface area contributed by atoms with Gasteiger partial charge >= 0.3 is 5.97 Å². The van der Waals surface area contributed by atoms with E-state index in [1.54, 1.807) is 0 Å². The van der Waals surface area contributed by atoms with Gasteiger partial charge in [0, 0.05) is 6.08 Å². The Labute approximate surface area is 119 Å². The van der Waals surface area contributed by atoms with Crippen molar-refractivity contribution in [3.63, 3.8) is 0 Å². The van der Waals surface area contributed by atoms with Crippen molar-refractivity contribution in [1.29, 1.82) is 0 Å². The lowest BCUT2D eigenvalue weighted by Gasteiger charge is -2.30. The summed E-state index contributed by atoms with van der Waals surface area (Å²) in [5, 5.41) is 0. The molecule has 0 saturated carbocycles. The van der Waals surface area contributed by atoms with E-state index in [9.17, 15) is 4.79 Å². The highest BCUT2D eigenvalue weighted by molar-refractivity contribution is 5.81. The van der Waals surface area contributed by atoms with Crippen LogP contribution in [0.1, 0.15) is 18.1 Å². The van der Waals surface area contributed by atoms with Crippen LogP contribution >= 0.6 is 0 Å². The van der Waals surface area contributed by atoms with Crippen molar-refractivity contribution in [2.45, 2.75) is 12.3 Å². The summed E-state index contributed by atoms with van der Waals surface area (Å²) in [7, 11) is 0. The van der Waals surface area contributed by atoms with E-state index in [2.05, 4.69) is 37.8 Å². The van der Waals surface area contributed by atoms with Gasteiger partial charge in [-0.15, -0.1) is 0 Å². The quantitative estimate of drug-likeness (QED) is 0.609. The Morgan fingerprint density at radius 3 is 1.90 bits per heavy atom. The standard InChI is InChI=1S/C18H18O2/c1-3-17(19)20-14-18(2,15-10-6-4-7-11-15)16-12-8-5-9-13-16/h3-13H,1,14H2,2H3. The number of esters is 1. The van der Waals surface area contributed by atoms with Gasteiger partial charge in [-0.25, -0.2) is 4.79 Å². The van der Waals surface area contributed by atoms with Gasteiger partial charge in [0.25, 0.3) is 0 Å². The topological polar surface area (TPSA) is 26.3 Å². The average Bonchev–Trinajstić information content (AvgIpc) is 2.54. The van der Waals surface area contributed by atoms with Crippen molar-refractivity contribution >= 4 is 5.97 Å². The molecule has 0 atom stereocenters. The van der Waals surface area contributed by atoms with E-state index in [1.165, 1.54) is 6.08 Å². The Kier molecular flexibility index (Phi) is 4.36. The molecule has 0 N–H and O–H groups in total. The van der Waals surface area contributed by atoms with E-state index < -0.39 is 5.97 Å².